The second-order valence-corrected chi connectivity index (χ2v) is 5.06. The van der Waals surface area contributed by atoms with Crippen LogP contribution >= 0.6 is 0 Å². The Labute approximate surface area is 125 Å². The van der Waals surface area contributed by atoms with Crippen molar-refractivity contribution in [2.75, 3.05) is 0 Å². The van der Waals surface area contributed by atoms with Crippen molar-refractivity contribution in [1.29, 1.82) is 0 Å². The fourth-order valence-corrected chi connectivity index (χ4v) is 2.51. The molecule has 4 rings (SSSR count). The molecule has 5 heteroatoms. The molecule has 108 valence electrons. The number of halogens is 1. The fraction of sp³-hybridized carbons (Fsp3) is 0.0588. The Hall–Kier alpha value is -2.95. The van der Waals surface area contributed by atoms with Gasteiger partial charge in [0.25, 0.3) is 0 Å². The third-order valence-electron chi connectivity index (χ3n) is 3.57. The number of hydrogen-bond donors (Lipinski definition) is 1. The van der Waals surface area contributed by atoms with E-state index >= 15 is 0 Å². The largest absolute Gasteiger partial charge is 0.361 e. The van der Waals surface area contributed by atoms with E-state index in [1.54, 1.807) is 12.1 Å². The molecule has 2 heterocycles. The number of benzene rings is 2. The molecule has 0 aliphatic rings. The lowest BCUT2D eigenvalue weighted by molar-refractivity contribution is 0.386. The van der Waals surface area contributed by atoms with Crippen molar-refractivity contribution in [3.05, 3.63) is 72.0 Å². The molecule has 1 N–H and O–H groups in total. The van der Waals surface area contributed by atoms with Crippen molar-refractivity contribution in [1.82, 2.24) is 15.1 Å². The fourth-order valence-electron chi connectivity index (χ4n) is 2.51. The first-order valence-corrected chi connectivity index (χ1v) is 6.93. The van der Waals surface area contributed by atoms with Gasteiger partial charge in [0.05, 0.1) is 6.42 Å². The molecule has 0 spiro atoms. The van der Waals surface area contributed by atoms with Gasteiger partial charge in [-0.3, -0.25) is 0 Å². The Morgan fingerprint density at radius 1 is 1.09 bits per heavy atom. The van der Waals surface area contributed by atoms with Crippen molar-refractivity contribution in [3.8, 4) is 11.4 Å². The molecular weight excluding hydrogens is 281 g/mol. The number of nitrogens with zero attached hydrogens (tertiary/aromatic N) is 2. The van der Waals surface area contributed by atoms with Gasteiger partial charge in [0.1, 0.15) is 5.82 Å². The number of H-pyrrole nitrogens is 1. The molecule has 0 aliphatic heterocycles. The number of rotatable bonds is 3. The predicted molar refractivity (Wildman–Crippen MR) is 80.8 cm³/mol. The van der Waals surface area contributed by atoms with Crippen LogP contribution in [0.5, 0.6) is 0 Å². The molecule has 0 amide bonds. The van der Waals surface area contributed by atoms with Gasteiger partial charge >= 0.3 is 0 Å². The number of para-hydroxylation sites is 1. The number of aromatic nitrogens is 3. The van der Waals surface area contributed by atoms with E-state index in [4.69, 9.17) is 4.52 Å². The van der Waals surface area contributed by atoms with E-state index in [0.29, 0.717) is 23.7 Å². The minimum absolute atomic E-state index is 0.319. The first kappa shape index (κ1) is 12.8. The van der Waals surface area contributed by atoms with Crippen LogP contribution in [0.3, 0.4) is 0 Å². The molecule has 0 bridgehead atoms. The molecule has 0 unspecified atom stereocenters. The van der Waals surface area contributed by atoms with Gasteiger partial charge in [-0.25, -0.2) is 4.39 Å². The van der Waals surface area contributed by atoms with Crippen molar-refractivity contribution in [3.63, 3.8) is 0 Å². The summed E-state index contributed by atoms with van der Waals surface area (Å²) in [5.74, 6) is 0.582. The maximum Gasteiger partial charge on any atom is 0.231 e. The van der Waals surface area contributed by atoms with Gasteiger partial charge in [0.15, 0.2) is 0 Å². The standard InChI is InChI=1S/C17H12FN3O/c18-13-5-3-4-11(8-13)17-20-16(22-21-17)9-12-10-19-15-7-2-1-6-14(12)15/h1-8,10,19H,9H2. The Kier molecular flexibility index (Phi) is 2.96. The molecule has 4 nitrogen and oxygen atoms in total. The molecule has 2 aromatic carbocycles. The van der Waals surface area contributed by atoms with E-state index in [1.165, 1.54) is 12.1 Å². The summed E-state index contributed by atoms with van der Waals surface area (Å²) in [6, 6.07) is 14.2. The van der Waals surface area contributed by atoms with Crippen LogP contribution in [0.1, 0.15) is 11.5 Å². The second-order valence-electron chi connectivity index (χ2n) is 5.06. The average Bonchev–Trinajstić information content (AvgIpc) is 3.16. The Balaban J connectivity index is 1.65. The number of fused-ring (bicyclic) bond motifs is 1. The first-order valence-electron chi connectivity index (χ1n) is 6.93. The van der Waals surface area contributed by atoms with E-state index in [-0.39, 0.29) is 5.82 Å². The molecule has 4 aromatic rings. The van der Waals surface area contributed by atoms with E-state index < -0.39 is 0 Å². The quantitative estimate of drug-likeness (QED) is 0.622. The minimum atomic E-state index is -0.319. The third kappa shape index (κ3) is 2.26. The topological polar surface area (TPSA) is 54.7 Å². The maximum atomic E-state index is 13.2. The van der Waals surface area contributed by atoms with Crippen LogP contribution in [-0.2, 0) is 6.42 Å². The summed E-state index contributed by atoms with van der Waals surface area (Å²) < 4.78 is 18.5. The summed E-state index contributed by atoms with van der Waals surface area (Å²) in [4.78, 5) is 7.56. The first-order chi connectivity index (χ1) is 10.8. The Morgan fingerprint density at radius 3 is 2.91 bits per heavy atom. The normalized spacial score (nSPS) is 11.1. The van der Waals surface area contributed by atoms with Crippen LogP contribution in [0.15, 0.2) is 59.3 Å². The highest BCUT2D eigenvalue weighted by molar-refractivity contribution is 5.83. The van der Waals surface area contributed by atoms with E-state index in [1.807, 2.05) is 30.5 Å². The average molecular weight is 293 g/mol. The van der Waals surface area contributed by atoms with Crippen LogP contribution in [-0.4, -0.2) is 15.1 Å². The molecule has 0 fully saturated rings. The number of nitrogens with one attached hydrogen (secondary N) is 1. The van der Waals surface area contributed by atoms with Crippen LogP contribution in [0.4, 0.5) is 4.39 Å². The maximum absolute atomic E-state index is 13.2. The van der Waals surface area contributed by atoms with Gasteiger partial charge in [-0.1, -0.05) is 35.5 Å². The Morgan fingerprint density at radius 2 is 2.00 bits per heavy atom. The molecule has 0 aliphatic carbocycles. The Bertz CT molecular complexity index is 942. The lowest BCUT2D eigenvalue weighted by atomic mass is 10.1. The molecule has 2 aromatic heterocycles. The third-order valence-corrected chi connectivity index (χ3v) is 3.57. The second kappa shape index (κ2) is 5.11. The van der Waals surface area contributed by atoms with E-state index in [9.17, 15) is 4.39 Å². The highest BCUT2D eigenvalue weighted by atomic mass is 19.1. The lowest BCUT2D eigenvalue weighted by Crippen LogP contribution is -1.87. The minimum Gasteiger partial charge on any atom is -0.361 e. The van der Waals surface area contributed by atoms with Gasteiger partial charge < -0.3 is 9.51 Å². The zero-order valence-corrected chi connectivity index (χ0v) is 11.6. The van der Waals surface area contributed by atoms with Crippen molar-refractivity contribution < 1.29 is 8.91 Å². The summed E-state index contributed by atoms with van der Waals surface area (Å²) in [6.07, 6.45) is 2.48. The predicted octanol–water partition coefficient (Wildman–Crippen LogP) is 3.95. The van der Waals surface area contributed by atoms with Gasteiger partial charge in [0, 0.05) is 22.7 Å². The smallest absolute Gasteiger partial charge is 0.231 e. The van der Waals surface area contributed by atoms with Crippen molar-refractivity contribution >= 4 is 10.9 Å². The van der Waals surface area contributed by atoms with E-state index in [0.717, 1.165) is 16.5 Å². The zero-order chi connectivity index (χ0) is 14.9. The molecule has 0 radical (unpaired) electrons. The van der Waals surface area contributed by atoms with E-state index in [2.05, 4.69) is 15.1 Å². The zero-order valence-electron chi connectivity index (χ0n) is 11.6. The number of aromatic amines is 1. The highest BCUT2D eigenvalue weighted by Crippen LogP contribution is 2.22. The summed E-state index contributed by atoms with van der Waals surface area (Å²) in [5.41, 5.74) is 2.77. The summed E-state index contributed by atoms with van der Waals surface area (Å²) in [6.45, 7) is 0. The lowest BCUT2D eigenvalue weighted by Gasteiger charge is -1.94. The van der Waals surface area contributed by atoms with Gasteiger partial charge in [-0.2, -0.15) is 4.98 Å². The molecule has 22 heavy (non-hydrogen) atoms. The molecule has 0 saturated heterocycles. The number of hydrogen-bond acceptors (Lipinski definition) is 3. The highest BCUT2D eigenvalue weighted by Gasteiger charge is 2.12. The summed E-state index contributed by atoms with van der Waals surface area (Å²) in [5, 5.41) is 5.06. The van der Waals surface area contributed by atoms with Crippen LogP contribution in [0, 0.1) is 5.82 Å². The molecular formula is C17H12FN3O. The van der Waals surface area contributed by atoms with Crippen LogP contribution < -0.4 is 0 Å². The summed E-state index contributed by atoms with van der Waals surface area (Å²) in [7, 11) is 0. The van der Waals surface area contributed by atoms with Gasteiger partial charge in [0.2, 0.25) is 11.7 Å². The van der Waals surface area contributed by atoms with Crippen molar-refractivity contribution in [2.45, 2.75) is 6.42 Å². The monoisotopic (exact) mass is 293 g/mol. The van der Waals surface area contributed by atoms with Gasteiger partial charge in [-0.05, 0) is 23.8 Å². The molecule has 0 atom stereocenters. The SMILES string of the molecule is Fc1cccc(-c2noc(Cc3c[nH]c4ccccc34)n2)c1. The van der Waals surface area contributed by atoms with Gasteiger partial charge in [-0.15, -0.1) is 0 Å². The van der Waals surface area contributed by atoms with Crippen molar-refractivity contribution in [2.24, 2.45) is 0 Å². The van der Waals surface area contributed by atoms with Crippen LogP contribution in [0.25, 0.3) is 22.3 Å². The molecule has 0 saturated carbocycles. The van der Waals surface area contributed by atoms with Crippen LogP contribution in [0.2, 0.25) is 0 Å². The summed E-state index contributed by atoms with van der Waals surface area (Å²) >= 11 is 0.